The number of halogens is 1. The van der Waals surface area contributed by atoms with Gasteiger partial charge in [0.1, 0.15) is 5.82 Å². The lowest BCUT2D eigenvalue weighted by Gasteiger charge is -2.37. The van der Waals surface area contributed by atoms with Gasteiger partial charge in [-0.15, -0.1) is 24.0 Å². The number of piperazine rings is 1. The smallest absolute Gasteiger partial charge is 0.191 e. The van der Waals surface area contributed by atoms with Crippen molar-refractivity contribution in [1.29, 1.82) is 0 Å². The van der Waals surface area contributed by atoms with Crippen LogP contribution in [0.15, 0.2) is 23.3 Å². The minimum atomic E-state index is 0. The normalized spacial score (nSPS) is 19.5. The molecule has 1 unspecified atom stereocenters. The van der Waals surface area contributed by atoms with Crippen LogP contribution in [-0.2, 0) is 11.3 Å². The summed E-state index contributed by atoms with van der Waals surface area (Å²) in [6, 6.07) is 4.75. The summed E-state index contributed by atoms with van der Waals surface area (Å²) in [5.74, 6) is 2.50. The molecule has 0 spiro atoms. The molecule has 1 aromatic heterocycles. The van der Waals surface area contributed by atoms with Crippen molar-refractivity contribution < 1.29 is 4.74 Å². The van der Waals surface area contributed by atoms with E-state index >= 15 is 0 Å². The SMILES string of the molecule is CCNC(=NCc1ccc(N2CCN(C)CC2)nc1)NCC(C(C)C)N1CCOCC1.I. The minimum Gasteiger partial charge on any atom is -0.379 e. The lowest BCUT2D eigenvalue weighted by molar-refractivity contribution is 0.00752. The Bertz CT molecular complexity index is 671. The van der Waals surface area contributed by atoms with Crippen LogP contribution in [0.5, 0.6) is 0 Å². The van der Waals surface area contributed by atoms with Gasteiger partial charge in [-0.1, -0.05) is 19.9 Å². The predicted octanol–water partition coefficient (Wildman–Crippen LogP) is 1.86. The van der Waals surface area contributed by atoms with Gasteiger partial charge in [0.2, 0.25) is 0 Å². The van der Waals surface area contributed by atoms with E-state index < -0.39 is 0 Å². The number of hydrogen-bond acceptors (Lipinski definition) is 6. The topological polar surface area (TPSA) is 68.3 Å². The van der Waals surface area contributed by atoms with Gasteiger partial charge in [0.15, 0.2) is 5.96 Å². The number of aliphatic imine (C=N–C) groups is 1. The van der Waals surface area contributed by atoms with Crippen LogP contribution in [0.3, 0.4) is 0 Å². The highest BCUT2D eigenvalue weighted by molar-refractivity contribution is 14.0. The molecule has 0 aromatic carbocycles. The van der Waals surface area contributed by atoms with Gasteiger partial charge in [-0.05, 0) is 31.5 Å². The molecule has 1 aromatic rings. The number of anilines is 1. The van der Waals surface area contributed by atoms with Crippen molar-refractivity contribution in [3.05, 3.63) is 23.9 Å². The fraction of sp³-hybridized carbons (Fsp3) is 0.739. The maximum atomic E-state index is 5.52. The average Bonchev–Trinajstić information content (AvgIpc) is 2.79. The number of nitrogens with one attached hydrogen (secondary N) is 2. The Morgan fingerprint density at radius 3 is 2.41 bits per heavy atom. The number of hydrogen-bond donors (Lipinski definition) is 2. The van der Waals surface area contributed by atoms with Gasteiger partial charge in [-0.3, -0.25) is 4.90 Å². The van der Waals surface area contributed by atoms with E-state index in [1.165, 1.54) is 0 Å². The number of nitrogens with zero attached hydrogens (tertiary/aromatic N) is 5. The van der Waals surface area contributed by atoms with Crippen LogP contribution in [0.2, 0.25) is 0 Å². The molecule has 0 amide bonds. The number of likely N-dealkylation sites (N-methyl/N-ethyl adjacent to an activating group) is 1. The highest BCUT2D eigenvalue weighted by atomic mass is 127. The number of morpholine rings is 1. The molecule has 2 fully saturated rings. The Hall–Kier alpha value is -1.17. The quantitative estimate of drug-likeness (QED) is 0.287. The zero-order valence-corrected chi connectivity index (χ0v) is 22.5. The molecule has 2 aliphatic rings. The van der Waals surface area contributed by atoms with Crippen LogP contribution < -0.4 is 15.5 Å². The van der Waals surface area contributed by atoms with Crippen LogP contribution in [-0.4, -0.2) is 99.4 Å². The van der Waals surface area contributed by atoms with Crippen LogP contribution >= 0.6 is 24.0 Å². The Morgan fingerprint density at radius 2 is 1.81 bits per heavy atom. The molecule has 3 heterocycles. The van der Waals surface area contributed by atoms with Gasteiger partial charge in [-0.2, -0.15) is 0 Å². The van der Waals surface area contributed by atoms with Gasteiger partial charge in [0.05, 0.1) is 19.8 Å². The Morgan fingerprint density at radius 1 is 1.09 bits per heavy atom. The molecule has 2 N–H and O–H groups in total. The second kappa shape index (κ2) is 14.2. The van der Waals surface area contributed by atoms with Crippen LogP contribution in [0.1, 0.15) is 26.3 Å². The fourth-order valence-corrected chi connectivity index (χ4v) is 4.14. The zero-order chi connectivity index (χ0) is 22.1. The van der Waals surface area contributed by atoms with Crippen molar-refractivity contribution in [3.63, 3.8) is 0 Å². The van der Waals surface area contributed by atoms with Crippen LogP contribution in [0.25, 0.3) is 0 Å². The third-order valence-electron chi connectivity index (χ3n) is 6.16. The summed E-state index contributed by atoms with van der Waals surface area (Å²) in [6.07, 6.45) is 1.96. The summed E-state index contributed by atoms with van der Waals surface area (Å²) in [4.78, 5) is 16.7. The Balaban J connectivity index is 0.00000363. The number of guanidine groups is 1. The third-order valence-corrected chi connectivity index (χ3v) is 6.16. The molecule has 0 saturated carbocycles. The number of rotatable bonds is 8. The van der Waals surface area contributed by atoms with Gasteiger partial charge in [0.25, 0.3) is 0 Å². The van der Waals surface area contributed by atoms with Gasteiger partial charge in [-0.25, -0.2) is 9.98 Å². The largest absolute Gasteiger partial charge is 0.379 e. The van der Waals surface area contributed by atoms with Crippen molar-refractivity contribution in [2.45, 2.75) is 33.4 Å². The molecule has 2 aliphatic heterocycles. The van der Waals surface area contributed by atoms with E-state index in [1.54, 1.807) is 0 Å². The Labute approximate surface area is 211 Å². The van der Waals surface area contributed by atoms with Gasteiger partial charge < -0.3 is 25.2 Å². The molecular weight excluding hydrogens is 517 g/mol. The monoisotopic (exact) mass is 559 g/mol. The van der Waals surface area contributed by atoms with Crippen LogP contribution in [0.4, 0.5) is 5.82 Å². The van der Waals surface area contributed by atoms with Crippen molar-refractivity contribution >= 4 is 35.8 Å². The van der Waals surface area contributed by atoms with Gasteiger partial charge in [0, 0.05) is 64.6 Å². The molecule has 0 aliphatic carbocycles. The minimum absolute atomic E-state index is 0. The fourth-order valence-electron chi connectivity index (χ4n) is 4.14. The van der Waals surface area contributed by atoms with E-state index in [0.717, 1.165) is 82.9 Å². The number of ether oxygens (including phenoxy) is 1. The summed E-state index contributed by atoms with van der Waals surface area (Å²) >= 11 is 0. The number of aromatic nitrogens is 1. The van der Waals surface area contributed by atoms with E-state index in [4.69, 9.17) is 9.73 Å². The standard InChI is InChI=1S/C23H41N7O.HI/c1-5-24-23(27-18-21(19(2)3)29-12-14-31-15-13-29)26-17-20-6-7-22(25-16-20)30-10-8-28(4)9-11-30;/h6-7,16,19,21H,5,8-15,17-18H2,1-4H3,(H2,24,26,27);1H. The molecule has 3 rings (SSSR count). The molecule has 2 saturated heterocycles. The first-order chi connectivity index (χ1) is 15.1. The number of pyridine rings is 1. The van der Waals surface area contributed by atoms with Crippen molar-refractivity contribution in [1.82, 2.24) is 25.4 Å². The predicted molar refractivity (Wildman–Crippen MR) is 143 cm³/mol. The maximum absolute atomic E-state index is 5.52. The summed E-state index contributed by atoms with van der Waals surface area (Å²) < 4.78 is 5.52. The Kier molecular flexibility index (Phi) is 12.0. The lowest BCUT2D eigenvalue weighted by atomic mass is 10.0. The first-order valence-electron chi connectivity index (χ1n) is 11.8. The van der Waals surface area contributed by atoms with E-state index in [2.05, 4.69) is 70.3 Å². The molecule has 32 heavy (non-hydrogen) atoms. The van der Waals surface area contributed by atoms with Crippen LogP contribution in [0, 0.1) is 5.92 Å². The first-order valence-corrected chi connectivity index (χ1v) is 11.8. The van der Waals surface area contributed by atoms with Crippen molar-refractivity contribution in [2.24, 2.45) is 10.9 Å². The van der Waals surface area contributed by atoms with E-state index in [-0.39, 0.29) is 24.0 Å². The van der Waals surface area contributed by atoms with E-state index in [0.29, 0.717) is 18.5 Å². The average molecular weight is 560 g/mol. The molecule has 9 heteroatoms. The molecule has 0 radical (unpaired) electrons. The van der Waals surface area contributed by atoms with Crippen molar-refractivity contribution in [3.8, 4) is 0 Å². The van der Waals surface area contributed by atoms with E-state index in [1.807, 2.05) is 6.20 Å². The zero-order valence-electron chi connectivity index (χ0n) is 20.2. The maximum Gasteiger partial charge on any atom is 0.191 e. The molecule has 8 nitrogen and oxygen atoms in total. The van der Waals surface area contributed by atoms with Crippen molar-refractivity contribution in [2.75, 3.05) is 77.5 Å². The molecule has 182 valence electrons. The van der Waals surface area contributed by atoms with E-state index in [9.17, 15) is 0 Å². The molecule has 0 bridgehead atoms. The summed E-state index contributed by atoms with van der Waals surface area (Å²) in [7, 11) is 2.17. The summed E-state index contributed by atoms with van der Waals surface area (Å²) in [5, 5.41) is 6.94. The highest BCUT2D eigenvalue weighted by Gasteiger charge is 2.24. The van der Waals surface area contributed by atoms with Gasteiger partial charge >= 0.3 is 0 Å². The first kappa shape index (κ1) is 27.1. The second-order valence-electron chi connectivity index (χ2n) is 8.85. The molecule has 1 atom stereocenters. The molecular formula is C23H42IN7O. The highest BCUT2D eigenvalue weighted by Crippen LogP contribution is 2.14. The second-order valence-corrected chi connectivity index (χ2v) is 8.85. The summed E-state index contributed by atoms with van der Waals surface area (Å²) in [5.41, 5.74) is 1.13. The third kappa shape index (κ3) is 8.31. The lowest BCUT2D eigenvalue weighted by Crippen LogP contribution is -2.52. The summed E-state index contributed by atoms with van der Waals surface area (Å²) in [6.45, 7) is 16.9.